The highest BCUT2D eigenvalue weighted by atomic mass is 16.5. The van der Waals surface area contributed by atoms with Crippen molar-refractivity contribution in [3.63, 3.8) is 0 Å². The van der Waals surface area contributed by atoms with Crippen molar-refractivity contribution < 1.29 is 13.9 Å². The number of fused-ring (bicyclic) bond motifs is 1. The van der Waals surface area contributed by atoms with Crippen LogP contribution in [0.25, 0.3) is 17.0 Å². The van der Waals surface area contributed by atoms with Crippen LogP contribution in [0.2, 0.25) is 0 Å². The number of rotatable bonds is 6. The molecule has 0 N–H and O–H groups in total. The molecule has 0 fully saturated rings. The van der Waals surface area contributed by atoms with Crippen LogP contribution in [-0.4, -0.2) is 5.97 Å². The summed E-state index contributed by atoms with van der Waals surface area (Å²) < 4.78 is 10.9. The van der Waals surface area contributed by atoms with E-state index in [4.69, 9.17) is 9.15 Å². The molecular formula is C22H20O4. The molecule has 4 heteroatoms. The number of hydrogen-bond donors (Lipinski definition) is 0. The van der Waals surface area contributed by atoms with Gasteiger partial charge in [0.15, 0.2) is 5.75 Å². The van der Waals surface area contributed by atoms with E-state index < -0.39 is 11.6 Å². The van der Waals surface area contributed by atoms with Gasteiger partial charge in [0, 0.05) is 6.08 Å². The fraction of sp³-hybridized carbons (Fsp3) is 0.182. The van der Waals surface area contributed by atoms with Crippen LogP contribution < -0.4 is 10.4 Å². The maximum atomic E-state index is 12.3. The first-order valence-electron chi connectivity index (χ1n) is 8.68. The van der Waals surface area contributed by atoms with Gasteiger partial charge in [-0.2, -0.15) is 0 Å². The number of unbranched alkanes of at least 4 members (excludes halogenated alkanes) is 1. The Balaban J connectivity index is 1.95. The molecule has 3 aromatic rings. The zero-order valence-corrected chi connectivity index (χ0v) is 14.6. The van der Waals surface area contributed by atoms with Crippen molar-refractivity contribution >= 4 is 23.0 Å². The molecule has 0 atom stereocenters. The fourth-order valence-electron chi connectivity index (χ4n) is 2.71. The quantitative estimate of drug-likeness (QED) is 0.366. The van der Waals surface area contributed by atoms with E-state index in [9.17, 15) is 9.59 Å². The first-order chi connectivity index (χ1) is 12.7. The fourth-order valence-corrected chi connectivity index (χ4v) is 2.71. The summed E-state index contributed by atoms with van der Waals surface area (Å²) in [5.74, 6) is -0.227. The lowest BCUT2D eigenvalue weighted by Crippen LogP contribution is -2.14. The first-order valence-corrected chi connectivity index (χ1v) is 8.68. The van der Waals surface area contributed by atoms with Crippen molar-refractivity contribution in [3.8, 4) is 5.75 Å². The summed E-state index contributed by atoms with van der Waals surface area (Å²) in [6.45, 7) is 2.04. The van der Waals surface area contributed by atoms with Crippen LogP contribution in [0.15, 0.2) is 69.9 Å². The number of carbonyl (C=O) groups excluding carboxylic acids is 1. The van der Waals surface area contributed by atoms with Crippen LogP contribution in [0.1, 0.15) is 30.9 Å². The van der Waals surface area contributed by atoms with Gasteiger partial charge in [0.05, 0.1) is 10.9 Å². The van der Waals surface area contributed by atoms with Gasteiger partial charge in [0.25, 0.3) is 0 Å². The van der Waals surface area contributed by atoms with Gasteiger partial charge in [-0.1, -0.05) is 55.8 Å². The van der Waals surface area contributed by atoms with Crippen molar-refractivity contribution in [2.45, 2.75) is 26.2 Å². The molecule has 1 aromatic heterocycles. The van der Waals surface area contributed by atoms with Gasteiger partial charge in [0.2, 0.25) is 0 Å². The van der Waals surface area contributed by atoms with E-state index in [1.807, 2.05) is 43.3 Å². The van der Waals surface area contributed by atoms with Crippen LogP contribution in [0.3, 0.4) is 0 Å². The molecule has 0 spiro atoms. The maximum absolute atomic E-state index is 12.3. The molecule has 0 unspecified atom stereocenters. The lowest BCUT2D eigenvalue weighted by Gasteiger charge is -2.10. The number of esters is 1. The normalized spacial score (nSPS) is 11.1. The molecule has 0 aliphatic carbocycles. The van der Waals surface area contributed by atoms with Gasteiger partial charge >= 0.3 is 11.6 Å². The smallest absolute Gasteiger partial charge is 0.343 e. The number of hydrogen-bond acceptors (Lipinski definition) is 4. The second kappa shape index (κ2) is 8.30. The van der Waals surface area contributed by atoms with Crippen LogP contribution in [0.4, 0.5) is 0 Å². The Kier molecular flexibility index (Phi) is 5.64. The van der Waals surface area contributed by atoms with Gasteiger partial charge in [-0.3, -0.25) is 0 Å². The van der Waals surface area contributed by atoms with Crippen molar-refractivity contribution in [2.75, 3.05) is 0 Å². The van der Waals surface area contributed by atoms with Crippen LogP contribution in [-0.2, 0) is 11.2 Å². The molecule has 1 heterocycles. The third-order valence-corrected chi connectivity index (χ3v) is 4.05. The second-order valence-corrected chi connectivity index (χ2v) is 5.96. The topological polar surface area (TPSA) is 56.5 Å². The van der Waals surface area contributed by atoms with Gasteiger partial charge in [-0.25, -0.2) is 9.59 Å². The molecule has 0 aliphatic rings. The molecule has 0 amide bonds. The van der Waals surface area contributed by atoms with E-state index in [1.54, 1.807) is 24.3 Å². The van der Waals surface area contributed by atoms with Crippen molar-refractivity contribution in [1.29, 1.82) is 0 Å². The van der Waals surface area contributed by atoms with E-state index in [2.05, 4.69) is 0 Å². The highest BCUT2D eigenvalue weighted by molar-refractivity contribution is 5.93. The van der Waals surface area contributed by atoms with Crippen LogP contribution >= 0.6 is 0 Å². The Morgan fingerprint density at radius 1 is 1.08 bits per heavy atom. The highest BCUT2D eigenvalue weighted by Gasteiger charge is 2.17. The SMILES string of the molecule is CCCCc1c(OC(=O)/C=C/c2ccccc2)c2ccccc2oc1=O. The molecule has 2 aromatic carbocycles. The lowest BCUT2D eigenvalue weighted by molar-refractivity contribution is -0.128. The summed E-state index contributed by atoms with van der Waals surface area (Å²) >= 11 is 0. The number of benzene rings is 2. The van der Waals surface area contributed by atoms with Gasteiger partial charge < -0.3 is 9.15 Å². The van der Waals surface area contributed by atoms with E-state index in [0.29, 0.717) is 28.7 Å². The molecule has 0 aliphatic heterocycles. The largest absolute Gasteiger partial charge is 0.422 e. The zero-order valence-electron chi connectivity index (χ0n) is 14.6. The molecule has 4 nitrogen and oxygen atoms in total. The summed E-state index contributed by atoms with van der Waals surface area (Å²) in [6.07, 6.45) is 5.29. The summed E-state index contributed by atoms with van der Waals surface area (Å²) in [5.41, 5.74) is 1.26. The molecule has 26 heavy (non-hydrogen) atoms. The summed E-state index contributed by atoms with van der Waals surface area (Å²) in [5, 5.41) is 0.625. The molecular weight excluding hydrogens is 328 g/mol. The number of para-hydroxylation sites is 1. The Morgan fingerprint density at radius 2 is 1.81 bits per heavy atom. The van der Waals surface area contributed by atoms with Crippen molar-refractivity contribution in [1.82, 2.24) is 0 Å². The number of carbonyl (C=O) groups is 1. The molecule has 0 saturated heterocycles. The van der Waals surface area contributed by atoms with E-state index in [0.717, 1.165) is 18.4 Å². The third kappa shape index (κ3) is 4.09. The Labute approximate surface area is 151 Å². The first kappa shape index (κ1) is 17.7. The maximum Gasteiger partial charge on any atom is 0.343 e. The zero-order chi connectivity index (χ0) is 18.4. The minimum atomic E-state index is -0.526. The standard InChI is InChI=1S/C22H20O4/c1-2-3-11-18-21(17-12-7-8-13-19(17)25-22(18)24)26-20(23)15-14-16-9-5-4-6-10-16/h4-10,12-15H,2-3,11H2,1H3/b15-14+. The van der Waals surface area contributed by atoms with E-state index in [-0.39, 0.29) is 0 Å². The summed E-state index contributed by atoms with van der Waals surface area (Å²) in [4.78, 5) is 24.7. The monoisotopic (exact) mass is 348 g/mol. The van der Waals surface area contributed by atoms with E-state index in [1.165, 1.54) is 6.08 Å². The minimum Gasteiger partial charge on any atom is -0.422 e. The molecule has 132 valence electrons. The minimum absolute atomic E-state index is 0.299. The van der Waals surface area contributed by atoms with Crippen LogP contribution in [0.5, 0.6) is 5.75 Å². The highest BCUT2D eigenvalue weighted by Crippen LogP contribution is 2.28. The predicted molar refractivity (Wildman–Crippen MR) is 102 cm³/mol. The number of ether oxygens (including phenoxy) is 1. The summed E-state index contributed by atoms with van der Waals surface area (Å²) in [7, 11) is 0. The predicted octanol–water partition coefficient (Wildman–Crippen LogP) is 4.75. The van der Waals surface area contributed by atoms with Gasteiger partial charge in [0.1, 0.15) is 5.58 Å². The molecule has 0 radical (unpaired) electrons. The molecule has 0 saturated carbocycles. The van der Waals surface area contributed by atoms with Gasteiger partial charge in [-0.15, -0.1) is 0 Å². The average molecular weight is 348 g/mol. The molecule has 3 rings (SSSR count). The third-order valence-electron chi connectivity index (χ3n) is 4.05. The van der Waals surface area contributed by atoms with Crippen molar-refractivity contribution in [2.24, 2.45) is 0 Å². The van der Waals surface area contributed by atoms with Crippen molar-refractivity contribution in [3.05, 3.63) is 82.2 Å². The average Bonchev–Trinajstić information content (AvgIpc) is 2.66. The summed E-state index contributed by atoms with van der Waals surface area (Å²) in [6, 6.07) is 16.6. The second-order valence-electron chi connectivity index (χ2n) is 5.96. The molecule has 0 bridgehead atoms. The lowest BCUT2D eigenvalue weighted by atomic mass is 10.1. The Hall–Kier alpha value is -3.14. The Morgan fingerprint density at radius 3 is 2.58 bits per heavy atom. The van der Waals surface area contributed by atoms with Gasteiger partial charge in [-0.05, 0) is 36.6 Å². The Bertz CT molecular complexity index is 984. The van der Waals surface area contributed by atoms with E-state index >= 15 is 0 Å². The van der Waals surface area contributed by atoms with Crippen LogP contribution in [0, 0.1) is 0 Å².